The lowest BCUT2D eigenvalue weighted by Crippen LogP contribution is -2.30. The highest BCUT2D eigenvalue weighted by Crippen LogP contribution is 2.12. The summed E-state index contributed by atoms with van der Waals surface area (Å²) in [5.74, 6) is -0.954. The summed E-state index contributed by atoms with van der Waals surface area (Å²) in [5.41, 5.74) is 0. The van der Waals surface area contributed by atoms with E-state index in [0.29, 0.717) is 19.3 Å². The van der Waals surface area contributed by atoms with Gasteiger partial charge < -0.3 is 14.2 Å². The van der Waals surface area contributed by atoms with Gasteiger partial charge in [0.15, 0.2) is 6.10 Å². The van der Waals surface area contributed by atoms with Gasteiger partial charge in [0.2, 0.25) is 0 Å². The van der Waals surface area contributed by atoms with Gasteiger partial charge in [0.1, 0.15) is 13.2 Å². The zero-order valence-electron chi connectivity index (χ0n) is 33.1. The Morgan fingerprint density at radius 1 is 0.412 bits per heavy atom. The first-order valence-corrected chi connectivity index (χ1v) is 20.8. The predicted octanol–water partition coefficient (Wildman–Crippen LogP) is 13.0. The molecule has 0 saturated carbocycles. The first kappa shape index (κ1) is 48.1. The van der Waals surface area contributed by atoms with Gasteiger partial charge in [0.25, 0.3) is 0 Å². The first-order valence-electron chi connectivity index (χ1n) is 20.8. The van der Waals surface area contributed by atoms with Gasteiger partial charge in [0.05, 0.1) is 0 Å². The second kappa shape index (κ2) is 39.9. The molecule has 292 valence electrons. The fourth-order valence-corrected chi connectivity index (χ4v) is 5.34. The Labute approximate surface area is 313 Å². The molecule has 0 heterocycles. The lowest BCUT2D eigenvalue weighted by atomic mass is 10.1. The highest BCUT2D eigenvalue weighted by molar-refractivity contribution is 5.71. The molecule has 0 aliphatic heterocycles. The Hall–Kier alpha value is -2.89. The average molecular weight is 713 g/mol. The van der Waals surface area contributed by atoms with E-state index in [1.54, 1.807) is 0 Å². The molecule has 6 heteroatoms. The van der Waals surface area contributed by atoms with E-state index in [0.717, 1.165) is 122 Å². The number of hydrogen-bond acceptors (Lipinski definition) is 6. The highest BCUT2D eigenvalue weighted by Gasteiger charge is 2.19. The maximum atomic E-state index is 12.6. The van der Waals surface area contributed by atoms with Crippen LogP contribution < -0.4 is 0 Å². The van der Waals surface area contributed by atoms with Crippen molar-refractivity contribution in [3.05, 3.63) is 60.8 Å². The molecule has 0 amide bonds. The molecule has 1 atom stereocenters. The summed E-state index contributed by atoms with van der Waals surface area (Å²) in [7, 11) is 0. The van der Waals surface area contributed by atoms with Crippen LogP contribution in [-0.2, 0) is 28.6 Å². The number of ether oxygens (including phenoxy) is 3. The third kappa shape index (κ3) is 38.2. The molecule has 1 unspecified atom stereocenters. The second-order valence-corrected chi connectivity index (χ2v) is 13.5. The first-order chi connectivity index (χ1) is 25.0. The summed E-state index contributed by atoms with van der Waals surface area (Å²) in [6.45, 7) is 6.32. The molecule has 6 nitrogen and oxygen atoms in total. The van der Waals surface area contributed by atoms with Gasteiger partial charge in [-0.15, -0.1) is 0 Å². The molecule has 51 heavy (non-hydrogen) atoms. The minimum atomic E-state index is -0.789. The van der Waals surface area contributed by atoms with Crippen LogP contribution in [0.2, 0.25) is 0 Å². The van der Waals surface area contributed by atoms with Crippen LogP contribution in [0, 0.1) is 0 Å². The minimum absolute atomic E-state index is 0.0928. The predicted molar refractivity (Wildman–Crippen MR) is 215 cm³/mol. The molecular formula is C45H76O6. The van der Waals surface area contributed by atoms with Crippen molar-refractivity contribution in [3.8, 4) is 0 Å². The van der Waals surface area contributed by atoms with Crippen LogP contribution in [0.15, 0.2) is 60.8 Å². The topological polar surface area (TPSA) is 78.9 Å². The molecule has 0 aliphatic carbocycles. The Morgan fingerprint density at radius 3 is 1.24 bits per heavy atom. The van der Waals surface area contributed by atoms with E-state index in [1.807, 2.05) is 0 Å². The number of carbonyl (C=O) groups is 3. The van der Waals surface area contributed by atoms with Crippen LogP contribution >= 0.6 is 0 Å². The van der Waals surface area contributed by atoms with Gasteiger partial charge in [-0.05, 0) is 89.9 Å². The number of rotatable bonds is 36. The molecule has 0 saturated heterocycles. The van der Waals surface area contributed by atoms with Gasteiger partial charge in [-0.2, -0.15) is 0 Å². The summed E-state index contributed by atoms with van der Waals surface area (Å²) >= 11 is 0. The van der Waals surface area contributed by atoms with Gasteiger partial charge in [0, 0.05) is 19.3 Å². The third-order valence-corrected chi connectivity index (χ3v) is 8.44. The van der Waals surface area contributed by atoms with Crippen molar-refractivity contribution in [1.29, 1.82) is 0 Å². The van der Waals surface area contributed by atoms with E-state index in [9.17, 15) is 14.4 Å². The molecule has 0 aromatic carbocycles. The molecule has 0 rings (SSSR count). The fraction of sp³-hybridized carbons (Fsp3) is 0.711. The minimum Gasteiger partial charge on any atom is -0.462 e. The second-order valence-electron chi connectivity index (χ2n) is 13.5. The van der Waals surface area contributed by atoms with Gasteiger partial charge >= 0.3 is 17.9 Å². The molecule has 0 spiro atoms. The summed E-state index contributed by atoms with van der Waals surface area (Å²) in [6.07, 6.45) is 46.4. The number of hydrogen-bond donors (Lipinski definition) is 0. The quantitative estimate of drug-likeness (QED) is 0.0278. The number of esters is 3. The van der Waals surface area contributed by atoms with Crippen LogP contribution in [0.1, 0.15) is 188 Å². The van der Waals surface area contributed by atoms with Gasteiger partial charge in [-0.1, -0.05) is 139 Å². The smallest absolute Gasteiger partial charge is 0.306 e. The maximum absolute atomic E-state index is 12.6. The third-order valence-electron chi connectivity index (χ3n) is 8.44. The van der Waals surface area contributed by atoms with E-state index >= 15 is 0 Å². The SMILES string of the molecule is CC/C=C\C/C=C\C/C=C\CCCCCC(=O)OCC(COC(=O)CCCCCCC/C=C\CCC)OC(=O)CCCCCCC/C=C\CCC. The van der Waals surface area contributed by atoms with Gasteiger partial charge in [-0.25, -0.2) is 0 Å². The molecule has 0 fully saturated rings. The van der Waals surface area contributed by atoms with E-state index in [-0.39, 0.29) is 31.1 Å². The Bertz CT molecular complexity index is 960. The molecule has 0 aromatic heterocycles. The number of allylic oxidation sites excluding steroid dienone is 10. The van der Waals surface area contributed by atoms with Crippen molar-refractivity contribution >= 4 is 17.9 Å². The zero-order valence-corrected chi connectivity index (χ0v) is 33.1. The monoisotopic (exact) mass is 713 g/mol. The van der Waals surface area contributed by atoms with Gasteiger partial charge in [-0.3, -0.25) is 14.4 Å². The van der Waals surface area contributed by atoms with Crippen LogP contribution in [0.25, 0.3) is 0 Å². The van der Waals surface area contributed by atoms with E-state index in [1.165, 1.54) is 25.7 Å². The largest absolute Gasteiger partial charge is 0.462 e. The van der Waals surface area contributed by atoms with Crippen molar-refractivity contribution in [1.82, 2.24) is 0 Å². The molecule has 0 aromatic rings. The Balaban J connectivity index is 4.44. The standard InChI is InChI=1S/C45H76O6/c1-4-7-10-13-16-19-22-23-24-27-29-32-35-38-44(47)50-41-42(51-45(48)39-36-33-30-26-21-18-15-12-9-6-3)40-49-43(46)37-34-31-28-25-20-17-14-11-8-5-2/h7,10-12,14-16,19,23-24,42H,4-6,8-9,13,17-18,20-22,25-41H2,1-3H3/b10-7-,14-11-,15-12-,19-16-,24-23-. The fourth-order valence-electron chi connectivity index (χ4n) is 5.34. The number of carbonyl (C=O) groups excluding carboxylic acids is 3. The van der Waals surface area contributed by atoms with Crippen LogP contribution in [0.5, 0.6) is 0 Å². The maximum Gasteiger partial charge on any atom is 0.306 e. The normalized spacial score (nSPS) is 12.6. The van der Waals surface area contributed by atoms with E-state index in [4.69, 9.17) is 14.2 Å². The lowest BCUT2D eigenvalue weighted by molar-refractivity contribution is -0.167. The van der Waals surface area contributed by atoms with Crippen LogP contribution in [-0.4, -0.2) is 37.2 Å². The summed E-state index contributed by atoms with van der Waals surface area (Å²) in [6, 6.07) is 0. The van der Waals surface area contributed by atoms with Crippen molar-refractivity contribution in [3.63, 3.8) is 0 Å². The summed E-state index contributed by atoms with van der Waals surface area (Å²) in [5, 5.41) is 0. The zero-order chi connectivity index (χ0) is 37.3. The van der Waals surface area contributed by atoms with E-state index in [2.05, 4.69) is 81.5 Å². The van der Waals surface area contributed by atoms with Crippen LogP contribution in [0.4, 0.5) is 0 Å². The molecule has 0 aliphatic rings. The van der Waals surface area contributed by atoms with Crippen molar-refractivity contribution in [2.45, 2.75) is 194 Å². The molecular weight excluding hydrogens is 636 g/mol. The van der Waals surface area contributed by atoms with Crippen molar-refractivity contribution in [2.24, 2.45) is 0 Å². The number of unbranched alkanes of at least 4 members (excludes halogenated alkanes) is 15. The molecule has 0 N–H and O–H groups in total. The van der Waals surface area contributed by atoms with E-state index < -0.39 is 6.10 Å². The summed E-state index contributed by atoms with van der Waals surface area (Å²) < 4.78 is 16.6. The van der Waals surface area contributed by atoms with Crippen LogP contribution in [0.3, 0.4) is 0 Å². The Morgan fingerprint density at radius 2 is 0.765 bits per heavy atom. The highest BCUT2D eigenvalue weighted by atomic mass is 16.6. The summed E-state index contributed by atoms with van der Waals surface area (Å²) in [4.78, 5) is 37.5. The lowest BCUT2D eigenvalue weighted by Gasteiger charge is -2.18. The van der Waals surface area contributed by atoms with Crippen molar-refractivity contribution in [2.75, 3.05) is 13.2 Å². The average Bonchev–Trinajstić information content (AvgIpc) is 3.12. The Kier molecular flexibility index (Phi) is 37.6. The van der Waals surface area contributed by atoms with Crippen molar-refractivity contribution < 1.29 is 28.6 Å². The molecule has 0 radical (unpaired) electrons. The molecule has 0 bridgehead atoms.